The van der Waals surface area contributed by atoms with Gasteiger partial charge in [0.15, 0.2) is 11.0 Å². The first-order valence-corrected chi connectivity index (χ1v) is 9.54. The van der Waals surface area contributed by atoms with Crippen LogP contribution in [0.4, 0.5) is 9.39 Å². The van der Waals surface area contributed by atoms with E-state index in [-0.39, 0.29) is 15.7 Å². The summed E-state index contributed by atoms with van der Waals surface area (Å²) in [5.41, 5.74) is 1.32. The van der Waals surface area contributed by atoms with Crippen LogP contribution >= 0.6 is 23.1 Å². The number of nitrogens with zero attached hydrogens (tertiary/aromatic N) is 4. The van der Waals surface area contributed by atoms with E-state index in [1.807, 2.05) is 4.57 Å². The molecule has 0 aliphatic heterocycles. The molecule has 3 aromatic rings. The highest BCUT2D eigenvalue weighted by Gasteiger charge is 2.31. The number of nitro groups is 1. The molecule has 2 heterocycles. The summed E-state index contributed by atoms with van der Waals surface area (Å²) < 4.78 is 16.1. The Morgan fingerprint density at radius 1 is 1.36 bits per heavy atom. The van der Waals surface area contributed by atoms with Crippen molar-refractivity contribution in [3.8, 4) is 11.4 Å². The Labute approximate surface area is 150 Å². The summed E-state index contributed by atoms with van der Waals surface area (Å²) in [5.74, 6) is 0.785. The van der Waals surface area contributed by atoms with Gasteiger partial charge in [-0.3, -0.25) is 14.7 Å². The molecule has 2 aromatic heterocycles. The lowest BCUT2D eigenvalue weighted by atomic mass is 10.2. The Morgan fingerprint density at radius 2 is 2.16 bits per heavy atom. The number of thiophene rings is 1. The van der Waals surface area contributed by atoms with Crippen molar-refractivity contribution >= 4 is 28.1 Å². The second-order valence-corrected chi connectivity index (χ2v) is 7.56. The van der Waals surface area contributed by atoms with Crippen molar-refractivity contribution in [2.75, 3.05) is 0 Å². The average molecular weight is 376 g/mol. The quantitative estimate of drug-likeness (QED) is 0.355. The second-order valence-electron chi connectivity index (χ2n) is 5.73. The van der Waals surface area contributed by atoms with Gasteiger partial charge in [-0.2, -0.15) is 0 Å². The van der Waals surface area contributed by atoms with Crippen LogP contribution in [0.3, 0.4) is 0 Å². The first kappa shape index (κ1) is 16.2. The zero-order chi connectivity index (χ0) is 17.4. The third kappa shape index (κ3) is 3.29. The number of halogens is 1. The molecule has 0 amide bonds. The molecule has 1 aliphatic carbocycles. The lowest BCUT2D eigenvalue weighted by molar-refractivity contribution is -0.380. The van der Waals surface area contributed by atoms with E-state index in [0.717, 1.165) is 34.9 Å². The summed E-state index contributed by atoms with van der Waals surface area (Å²) >= 11 is 2.58. The molecule has 0 unspecified atom stereocenters. The fraction of sp³-hybridized carbons (Fsp3) is 0.250. The van der Waals surface area contributed by atoms with Crippen molar-refractivity contribution in [2.24, 2.45) is 0 Å². The smallest absolute Gasteiger partial charge is 0.299 e. The number of hydrogen-bond acceptors (Lipinski definition) is 6. The van der Waals surface area contributed by atoms with Crippen molar-refractivity contribution in [2.45, 2.75) is 29.8 Å². The van der Waals surface area contributed by atoms with Crippen LogP contribution in [-0.4, -0.2) is 19.7 Å². The van der Waals surface area contributed by atoms with Crippen LogP contribution in [0, 0.1) is 15.9 Å². The SMILES string of the molecule is O=[N+]([O-])c1cc(CSc2nnc(-c3ccccc3F)n2C2CC2)cs1. The van der Waals surface area contributed by atoms with Crippen LogP contribution in [0.15, 0.2) is 40.9 Å². The molecule has 6 nitrogen and oxygen atoms in total. The summed E-state index contributed by atoms with van der Waals surface area (Å²) in [6.07, 6.45) is 2.05. The molecule has 0 N–H and O–H groups in total. The number of rotatable bonds is 6. The van der Waals surface area contributed by atoms with E-state index in [1.54, 1.807) is 29.6 Å². The maximum absolute atomic E-state index is 14.1. The van der Waals surface area contributed by atoms with Gasteiger partial charge in [-0.15, -0.1) is 10.2 Å². The van der Waals surface area contributed by atoms with Gasteiger partial charge in [-0.05, 0) is 30.5 Å². The van der Waals surface area contributed by atoms with Crippen LogP contribution in [0.1, 0.15) is 24.4 Å². The van der Waals surface area contributed by atoms with Crippen molar-refractivity contribution in [1.82, 2.24) is 14.8 Å². The fourth-order valence-corrected chi connectivity index (χ4v) is 4.32. The van der Waals surface area contributed by atoms with Crippen LogP contribution < -0.4 is 0 Å². The fourth-order valence-electron chi connectivity index (χ4n) is 2.55. The molecule has 0 bridgehead atoms. The Bertz CT molecular complexity index is 936. The normalized spacial score (nSPS) is 14.0. The molecule has 0 saturated heterocycles. The van der Waals surface area contributed by atoms with Crippen molar-refractivity contribution in [3.63, 3.8) is 0 Å². The molecule has 128 valence electrons. The minimum absolute atomic E-state index is 0.131. The van der Waals surface area contributed by atoms with Gasteiger partial charge in [-0.25, -0.2) is 4.39 Å². The summed E-state index contributed by atoms with van der Waals surface area (Å²) in [6.45, 7) is 0. The first-order valence-electron chi connectivity index (χ1n) is 7.68. The van der Waals surface area contributed by atoms with E-state index in [2.05, 4.69) is 10.2 Å². The molecule has 4 rings (SSSR count). The van der Waals surface area contributed by atoms with Crippen LogP contribution in [0.2, 0.25) is 0 Å². The highest BCUT2D eigenvalue weighted by Crippen LogP contribution is 2.42. The maximum atomic E-state index is 14.1. The zero-order valence-corrected chi connectivity index (χ0v) is 14.6. The number of thioether (sulfide) groups is 1. The topological polar surface area (TPSA) is 73.8 Å². The molecule has 1 fully saturated rings. The van der Waals surface area contributed by atoms with Gasteiger partial charge in [0.2, 0.25) is 0 Å². The van der Waals surface area contributed by atoms with E-state index in [0.29, 0.717) is 23.2 Å². The lowest BCUT2D eigenvalue weighted by Gasteiger charge is -2.09. The van der Waals surface area contributed by atoms with E-state index in [4.69, 9.17) is 0 Å². The molecule has 1 aromatic carbocycles. The number of aromatic nitrogens is 3. The summed E-state index contributed by atoms with van der Waals surface area (Å²) in [5, 5.41) is 21.8. The predicted molar refractivity (Wildman–Crippen MR) is 94.2 cm³/mol. The van der Waals surface area contributed by atoms with Gasteiger partial charge < -0.3 is 0 Å². The predicted octanol–water partition coefficient (Wildman–Crippen LogP) is 4.68. The lowest BCUT2D eigenvalue weighted by Crippen LogP contribution is -2.01. The number of benzene rings is 1. The standard InChI is InChI=1S/C16H13FN4O2S2/c17-13-4-2-1-3-12(13)15-18-19-16(20(15)11-5-6-11)25-9-10-7-14(21(22)23)24-8-10/h1-4,7-8,11H,5-6,9H2. The van der Waals surface area contributed by atoms with Gasteiger partial charge in [0.25, 0.3) is 0 Å². The highest BCUT2D eigenvalue weighted by molar-refractivity contribution is 7.98. The maximum Gasteiger partial charge on any atom is 0.324 e. The largest absolute Gasteiger partial charge is 0.324 e. The van der Waals surface area contributed by atoms with Crippen LogP contribution in [-0.2, 0) is 5.75 Å². The van der Waals surface area contributed by atoms with Gasteiger partial charge in [0.05, 0.1) is 10.5 Å². The first-order chi connectivity index (χ1) is 12.1. The molecule has 0 atom stereocenters. The summed E-state index contributed by atoms with van der Waals surface area (Å²) in [4.78, 5) is 10.4. The van der Waals surface area contributed by atoms with Gasteiger partial charge in [-0.1, -0.05) is 35.2 Å². The molecule has 0 spiro atoms. The zero-order valence-electron chi connectivity index (χ0n) is 13.0. The minimum Gasteiger partial charge on any atom is -0.299 e. The van der Waals surface area contributed by atoms with E-state index < -0.39 is 0 Å². The Morgan fingerprint density at radius 3 is 2.84 bits per heavy atom. The molecular weight excluding hydrogens is 363 g/mol. The van der Waals surface area contributed by atoms with Gasteiger partial charge >= 0.3 is 5.00 Å². The summed E-state index contributed by atoms with van der Waals surface area (Å²) in [6, 6.07) is 8.42. The minimum atomic E-state index is -0.387. The third-order valence-corrected chi connectivity index (χ3v) is 5.82. The number of hydrogen-bond donors (Lipinski definition) is 0. The Balaban J connectivity index is 1.60. The molecule has 9 heteroatoms. The Hall–Kier alpha value is -2.26. The monoisotopic (exact) mass is 376 g/mol. The van der Waals surface area contributed by atoms with Crippen molar-refractivity contribution in [1.29, 1.82) is 0 Å². The van der Waals surface area contributed by atoms with E-state index in [1.165, 1.54) is 17.8 Å². The third-order valence-electron chi connectivity index (χ3n) is 3.88. The van der Waals surface area contributed by atoms with E-state index in [9.17, 15) is 14.5 Å². The molecule has 0 radical (unpaired) electrons. The Kier molecular flexibility index (Phi) is 4.26. The van der Waals surface area contributed by atoms with Gasteiger partial charge in [0, 0.05) is 23.2 Å². The van der Waals surface area contributed by atoms with Crippen LogP contribution in [0.5, 0.6) is 0 Å². The highest BCUT2D eigenvalue weighted by atomic mass is 32.2. The molecule has 1 aliphatic rings. The molecule has 1 saturated carbocycles. The second kappa shape index (κ2) is 6.57. The average Bonchev–Trinajstić information content (AvgIpc) is 3.17. The molecular formula is C16H13FN4O2S2. The van der Waals surface area contributed by atoms with Crippen LogP contribution in [0.25, 0.3) is 11.4 Å². The molecule has 25 heavy (non-hydrogen) atoms. The van der Waals surface area contributed by atoms with E-state index >= 15 is 0 Å². The summed E-state index contributed by atoms with van der Waals surface area (Å²) in [7, 11) is 0. The van der Waals surface area contributed by atoms with Gasteiger partial charge in [0.1, 0.15) is 5.82 Å². The van der Waals surface area contributed by atoms with Crippen molar-refractivity contribution in [3.05, 3.63) is 57.2 Å². The van der Waals surface area contributed by atoms with Crippen molar-refractivity contribution < 1.29 is 9.31 Å².